The summed E-state index contributed by atoms with van der Waals surface area (Å²) < 4.78 is 0. The van der Waals surface area contributed by atoms with Crippen molar-refractivity contribution in [1.29, 1.82) is 0 Å². The summed E-state index contributed by atoms with van der Waals surface area (Å²) in [7, 11) is 0. The molecule has 2 N–H and O–H groups in total. The Morgan fingerprint density at radius 3 is 2.55 bits per heavy atom. The number of benzene rings is 1. The average molecular weight is 317 g/mol. The highest BCUT2D eigenvalue weighted by Crippen LogP contribution is 2.24. The summed E-state index contributed by atoms with van der Waals surface area (Å²) >= 11 is 1.51. The van der Waals surface area contributed by atoms with Gasteiger partial charge in [0.2, 0.25) is 11.8 Å². The van der Waals surface area contributed by atoms with Crippen molar-refractivity contribution < 1.29 is 9.59 Å². The van der Waals surface area contributed by atoms with Crippen molar-refractivity contribution >= 4 is 23.2 Å². The van der Waals surface area contributed by atoms with Crippen molar-refractivity contribution in [3.63, 3.8) is 0 Å². The predicted octanol–water partition coefficient (Wildman–Crippen LogP) is 1.91. The molecule has 6 heteroatoms. The predicted molar refractivity (Wildman–Crippen MR) is 87.7 cm³/mol. The van der Waals surface area contributed by atoms with Gasteiger partial charge < -0.3 is 10.6 Å². The number of likely N-dealkylation sites (N-methyl/N-ethyl adjacent to an activating group) is 1. The van der Waals surface area contributed by atoms with E-state index in [1.165, 1.54) is 16.9 Å². The maximum absolute atomic E-state index is 11.8. The zero-order valence-electron chi connectivity index (χ0n) is 12.7. The fraction of sp³-hybridized carbons (Fsp3) is 0.312. The van der Waals surface area contributed by atoms with Gasteiger partial charge in [0.1, 0.15) is 5.01 Å². The van der Waals surface area contributed by atoms with Crippen LogP contribution in [0.3, 0.4) is 0 Å². The Bertz CT molecular complexity index is 650. The SMILES string of the molecule is CCNC(=O)CNC(=O)Cc1csc(-c2ccc(C)cc2)n1. The molecule has 22 heavy (non-hydrogen) atoms. The van der Waals surface area contributed by atoms with E-state index in [0.717, 1.165) is 10.6 Å². The van der Waals surface area contributed by atoms with E-state index in [1.807, 2.05) is 43.5 Å². The van der Waals surface area contributed by atoms with Crippen LogP contribution in [0.2, 0.25) is 0 Å². The lowest BCUT2D eigenvalue weighted by atomic mass is 10.2. The second-order valence-corrected chi connectivity index (χ2v) is 5.78. The van der Waals surface area contributed by atoms with Gasteiger partial charge in [0.15, 0.2) is 0 Å². The normalized spacial score (nSPS) is 10.3. The van der Waals surface area contributed by atoms with E-state index in [4.69, 9.17) is 0 Å². The Balaban J connectivity index is 1.90. The largest absolute Gasteiger partial charge is 0.355 e. The molecule has 2 amide bonds. The highest BCUT2D eigenvalue weighted by atomic mass is 32.1. The number of amides is 2. The number of nitrogens with one attached hydrogen (secondary N) is 2. The first-order valence-corrected chi connectivity index (χ1v) is 8.01. The molecule has 0 spiro atoms. The van der Waals surface area contributed by atoms with Crippen molar-refractivity contribution in [3.8, 4) is 10.6 Å². The fourth-order valence-corrected chi connectivity index (χ4v) is 2.71. The molecule has 0 saturated heterocycles. The molecule has 2 rings (SSSR count). The van der Waals surface area contributed by atoms with Gasteiger partial charge in [-0.05, 0) is 13.8 Å². The molecule has 0 radical (unpaired) electrons. The zero-order chi connectivity index (χ0) is 15.9. The molecule has 5 nitrogen and oxygen atoms in total. The van der Waals surface area contributed by atoms with Crippen LogP contribution in [-0.4, -0.2) is 29.9 Å². The Hall–Kier alpha value is -2.21. The minimum Gasteiger partial charge on any atom is -0.355 e. The van der Waals surface area contributed by atoms with E-state index in [-0.39, 0.29) is 24.8 Å². The van der Waals surface area contributed by atoms with Crippen molar-refractivity contribution in [3.05, 3.63) is 40.9 Å². The fourth-order valence-electron chi connectivity index (χ4n) is 1.88. The molecule has 0 aliphatic heterocycles. The van der Waals surface area contributed by atoms with E-state index in [0.29, 0.717) is 12.2 Å². The summed E-state index contributed by atoms with van der Waals surface area (Å²) in [5, 5.41) is 7.98. The van der Waals surface area contributed by atoms with E-state index in [9.17, 15) is 9.59 Å². The second-order valence-electron chi connectivity index (χ2n) is 4.92. The van der Waals surface area contributed by atoms with Gasteiger partial charge in [-0.15, -0.1) is 11.3 Å². The number of aromatic nitrogens is 1. The quantitative estimate of drug-likeness (QED) is 0.855. The minimum absolute atomic E-state index is 0.00162. The molecule has 0 saturated carbocycles. The van der Waals surface area contributed by atoms with Crippen LogP contribution in [-0.2, 0) is 16.0 Å². The van der Waals surface area contributed by atoms with Gasteiger partial charge in [-0.25, -0.2) is 4.98 Å². The minimum atomic E-state index is -0.202. The number of hydrogen-bond donors (Lipinski definition) is 2. The zero-order valence-corrected chi connectivity index (χ0v) is 13.5. The number of carbonyl (C=O) groups excluding carboxylic acids is 2. The summed E-state index contributed by atoms with van der Waals surface area (Å²) in [5.74, 6) is -0.388. The van der Waals surface area contributed by atoms with Crippen molar-refractivity contribution in [2.45, 2.75) is 20.3 Å². The first-order valence-electron chi connectivity index (χ1n) is 7.13. The Morgan fingerprint density at radius 1 is 1.14 bits per heavy atom. The summed E-state index contributed by atoms with van der Waals surface area (Å²) in [6.07, 6.45) is 0.182. The molecule has 1 aromatic carbocycles. The highest BCUT2D eigenvalue weighted by molar-refractivity contribution is 7.13. The van der Waals surface area contributed by atoms with E-state index in [1.54, 1.807) is 0 Å². The van der Waals surface area contributed by atoms with Gasteiger partial charge in [-0.1, -0.05) is 29.8 Å². The molecule has 2 aromatic rings. The lowest BCUT2D eigenvalue weighted by Crippen LogP contribution is -2.37. The maximum atomic E-state index is 11.8. The number of carbonyl (C=O) groups is 2. The van der Waals surface area contributed by atoms with Crippen LogP contribution in [0.5, 0.6) is 0 Å². The van der Waals surface area contributed by atoms with Crippen molar-refractivity contribution in [2.75, 3.05) is 13.1 Å². The average Bonchev–Trinajstić information content (AvgIpc) is 2.95. The van der Waals surface area contributed by atoms with Crippen LogP contribution >= 0.6 is 11.3 Å². The first kappa shape index (κ1) is 16.2. The number of thiazole rings is 1. The van der Waals surface area contributed by atoms with Gasteiger partial charge >= 0.3 is 0 Å². The third-order valence-corrected chi connectivity index (χ3v) is 3.95. The molecule has 0 unspecified atom stereocenters. The van der Waals surface area contributed by atoms with Gasteiger partial charge in [-0.3, -0.25) is 9.59 Å². The van der Waals surface area contributed by atoms with Crippen LogP contribution in [0.4, 0.5) is 0 Å². The summed E-state index contributed by atoms with van der Waals surface area (Å²) in [5.41, 5.74) is 2.96. The lowest BCUT2D eigenvalue weighted by Gasteiger charge is -2.04. The maximum Gasteiger partial charge on any atom is 0.239 e. The third kappa shape index (κ3) is 4.66. The Labute approximate surface area is 133 Å². The molecule has 116 valence electrons. The molecule has 0 atom stereocenters. The molecular weight excluding hydrogens is 298 g/mol. The second kappa shape index (κ2) is 7.70. The van der Waals surface area contributed by atoms with Gasteiger partial charge in [0.05, 0.1) is 18.7 Å². The van der Waals surface area contributed by atoms with Crippen molar-refractivity contribution in [1.82, 2.24) is 15.6 Å². The highest BCUT2D eigenvalue weighted by Gasteiger charge is 2.10. The molecule has 0 aliphatic rings. The van der Waals surface area contributed by atoms with Crippen molar-refractivity contribution in [2.24, 2.45) is 0 Å². The summed E-state index contributed by atoms with van der Waals surface area (Å²) in [4.78, 5) is 27.5. The van der Waals surface area contributed by atoms with Gasteiger partial charge in [0, 0.05) is 17.5 Å². The first-order chi connectivity index (χ1) is 10.6. The Kier molecular flexibility index (Phi) is 5.66. The standard InChI is InChI=1S/C16H19N3O2S/c1-3-17-15(21)9-18-14(20)8-13-10-22-16(19-13)12-6-4-11(2)5-7-12/h4-7,10H,3,8-9H2,1-2H3,(H,17,21)(H,18,20). The van der Waals surface area contributed by atoms with Crippen LogP contribution < -0.4 is 10.6 Å². The van der Waals surface area contributed by atoms with Crippen LogP contribution in [0.25, 0.3) is 10.6 Å². The van der Waals surface area contributed by atoms with Gasteiger partial charge in [-0.2, -0.15) is 0 Å². The monoisotopic (exact) mass is 317 g/mol. The van der Waals surface area contributed by atoms with Crippen LogP contribution in [0.15, 0.2) is 29.6 Å². The molecular formula is C16H19N3O2S. The number of hydrogen-bond acceptors (Lipinski definition) is 4. The molecule has 0 aliphatic carbocycles. The Morgan fingerprint density at radius 2 is 1.86 bits per heavy atom. The number of rotatable bonds is 6. The molecule has 0 bridgehead atoms. The van der Waals surface area contributed by atoms with E-state index >= 15 is 0 Å². The molecule has 0 fully saturated rings. The van der Waals surface area contributed by atoms with Gasteiger partial charge in [0.25, 0.3) is 0 Å². The summed E-state index contributed by atoms with van der Waals surface area (Å²) in [6.45, 7) is 4.43. The van der Waals surface area contributed by atoms with E-state index < -0.39 is 0 Å². The van der Waals surface area contributed by atoms with E-state index in [2.05, 4.69) is 15.6 Å². The van der Waals surface area contributed by atoms with Crippen LogP contribution in [0.1, 0.15) is 18.2 Å². The topological polar surface area (TPSA) is 71.1 Å². The third-order valence-electron chi connectivity index (χ3n) is 3.01. The smallest absolute Gasteiger partial charge is 0.239 e. The number of nitrogens with zero attached hydrogens (tertiary/aromatic N) is 1. The lowest BCUT2D eigenvalue weighted by molar-refractivity contribution is -0.125. The molecule has 1 aromatic heterocycles. The summed E-state index contributed by atoms with van der Waals surface area (Å²) in [6, 6.07) is 8.12. The van der Waals surface area contributed by atoms with Crippen LogP contribution in [0, 0.1) is 6.92 Å². The molecule has 1 heterocycles. The number of aryl methyl sites for hydroxylation is 1.